The van der Waals surface area contributed by atoms with Crippen molar-refractivity contribution in [3.05, 3.63) is 40.3 Å². The number of hydrogen-bond acceptors (Lipinski definition) is 5. The summed E-state index contributed by atoms with van der Waals surface area (Å²) in [5, 5.41) is 10.4. The van der Waals surface area contributed by atoms with Crippen molar-refractivity contribution < 1.29 is 14.3 Å². The summed E-state index contributed by atoms with van der Waals surface area (Å²) < 4.78 is 5.36. The molecule has 0 radical (unpaired) electrons. The van der Waals surface area contributed by atoms with Crippen molar-refractivity contribution in [3.8, 4) is 0 Å². The first kappa shape index (κ1) is 17.7. The zero-order chi connectivity index (χ0) is 18.8. The summed E-state index contributed by atoms with van der Waals surface area (Å²) in [5.41, 5.74) is 0.210. The number of ether oxygens (including phenoxy) is 1. The number of benzene rings is 1. The lowest BCUT2D eigenvalue weighted by Gasteiger charge is -2.31. The summed E-state index contributed by atoms with van der Waals surface area (Å²) in [6.45, 7) is 2.02. The van der Waals surface area contributed by atoms with Crippen LogP contribution >= 0.6 is 0 Å². The lowest BCUT2D eigenvalue weighted by atomic mass is 10.1. The summed E-state index contributed by atoms with van der Waals surface area (Å²) in [5.74, 6) is -0.290. The van der Waals surface area contributed by atoms with E-state index in [9.17, 15) is 14.4 Å². The Kier molecular flexibility index (Phi) is 4.89. The number of likely N-dealkylation sites (tertiary alicyclic amines) is 1. The molecule has 1 atom stereocenters. The third kappa shape index (κ3) is 3.57. The van der Waals surface area contributed by atoms with Crippen LogP contribution in [0.2, 0.25) is 0 Å². The molecule has 8 heteroatoms. The Hall–Kier alpha value is -2.74. The van der Waals surface area contributed by atoms with Gasteiger partial charge >= 0.3 is 0 Å². The van der Waals surface area contributed by atoms with Gasteiger partial charge < -0.3 is 15.0 Å². The van der Waals surface area contributed by atoms with Crippen molar-refractivity contribution in [2.24, 2.45) is 0 Å². The highest BCUT2D eigenvalue weighted by atomic mass is 16.5. The monoisotopic (exact) mass is 370 g/mol. The van der Waals surface area contributed by atoms with Gasteiger partial charge in [-0.1, -0.05) is 18.2 Å². The molecule has 2 saturated heterocycles. The van der Waals surface area contributed by atoms with Crippen LogP contribution in [0.4, 0.5) is 0 Å². The van der Waals surface area contributed by atoms with E-state index in [1.165, 1.54) is 0 Å². The second-order valence-corrected chi connectivity index (χ2v) is 7.01. The Labute approximate surface area is 155 Å². The molecule has 2 N–H and O–H groups in total. The molecule has 8 nitrogen and oxygen atoms in total. The molecule has 1 unspecified atom stereocenters. The van der Waals surface area contributed by atoms with E-state index in [4.69, 9.17) is 4.74 Å². The average molecular weight is 370 g/mol. The maximum atomic E-state index is 12.7. The van der Waals surface area contributed by atoms with E-state index in [-0.39, 0.29) is 29.8 Å². The number of aromatic nitrogens is 2. The van der Waals surface area contributed by atoms with Crippen LogP contribution in [0, 0.1) is 0 Å². The molecule has 3 heterocycles. The van der Waals surface area contributed by atoms with Gasteiger partial charge in [0.15, 0.2) is 0 Å². The van der Waals surface area contributed by atoms with Crippen LogP contribution in [0.15, 0.2) is 29.1 Å². The Morgan fingerprint density at radius 3 is 2.70 bits per heavy atom. The summed E-state index contributed by atoms with van der Waals surface area (Å²) in [7, 11) is 0. The highest BCUT2D eigenvalue weighted by Crippen LogP contribution is 2.21. The van der Waals surface area contributed by atoms with Crippen LogP contribution in [-0.4, -0.2) is 58.8 Å². The SMILES string of the molecule is O=C(Cc1n[nH]c(=O)c2ccccc12)NC1CCN(C2CCOCC2)C1=O. The van der Waals surface area contributed by atoms with Gasteiger partial charge in [0, 0.05) is 31.2 Å². The highest BCUT2D eigenvalue weighted by Gasteiger charge is 2.37. The van der Waals surface area contributed by atoms with Crippen LogP contribution in [0.25, 0.3) is 10.8 Å². The van der Waals surface area contributed by atoms with Gasteiger partial charge in [0.25, 0.3) is 5.56 Å². The lowest BCUT2D eigenvalue weighted by molar-refractivity contribution is -0.135. The lowest BCUT2D eigenvalue weighted by Crippen LogP contribution is -2.46. The fraction of sp³-hybridized carbons (Fsp3) is 0.474. The van der Waals surface area contributed by atoms with Gasteiger partial charge in [0.05, 0.1) is 17.5 Å². The molecule has 0 bridgehead atoms. The molecule has 1 aromatic heterocycles. The average Bonchev–Trinajstić information content (AvgIpc) is 3.05. The molecule has 27 heavy (non-hydrogen) atoms. The third-order valence-electron chi connectivity index (χ3n) is 5.31. The van der Waals surface area contributed by atoms with Crippen molar-refractivity contribution >= 4 is 22.6 Å². The third-order valence-corrected chi connectivity index (χ3v) is 5.31. The number of aromatic amines is 1. The minimum Gasteiger partial charge on any atom is -0.381 e. The van der Waals surface area contributed by atoms with Gasteiger partial charge in [-0.2, -0.15) is 5.10 Å². The van der Waals surface area contributed by atoms with Crippen LogP contribution < -0.4 is 10.9 Å². The first-order valence-corrected chi connectivity index (χ1v) is 9.27. The van der Waals surface area contributed by atoms with Gasteiger partial charge in [-0.25, -0.2) is 5.10 Å². The second kappa shape index (κ2) is 7.48. The molecule has 142 valence electrons. The molecule has 2 aromatic rings. The molecule has 2 amide bonds. The van der Waals surface area contributed by atoms with Crippen molar-refractivity contribution in [1.82, 2.24) is 20.4 Å². The van der Waals surface area contributed by atoms with Crippen LogP contribution in [0.3, 0.4) is 0 Å². The molecule has 2 fully saturated rings. The van der Waals surface area contributed by atoms with E-state index >= 15 is 0 Å². The Balaban J connectivity index is 1.42. The van der Waals surface area contributed by atoms with E-state index in [0.29, 0.717) is 42.6 Å². The molecule has 0 spiro atoms. The molecule has 2 aliphatic rings. The number of H-pyrrole nitrogens is 1. The molecule has 2 aliphatic heterocycles. The number of hydrogen-bond donors (Lipinski definition) is 2. The van der Waals surface area contributed by atoms with Gasteiger partial charge in [-0.15, -0.1) is 0 Å². The maximum Gasteiger partial charge on any atom is 0.272 e. The zero-order valence-electron chi connectivity index (χ0n) is 14.9. The molecular formula is C19H22N4O4. The normalized spacial score (nSPS) is 21.0. The second-order valence-electron chi connectivity index (χ2n) is 7.01. The summed E-state index contributed by atoms with van der Waals surface area (Å²) in [6, 6.07) is 6.75. The van der Waals surface area contributed by atoms with Gasteiger partial charge in [-0.05, 0) is 25.3 Å². The summed E-state index contributed by atoms with van der Waals surface area (Å²) in [4.78, 5) is 38.9. The standard InChI is InChI=1S/C19H22N4O4/c24-17(11-16-13-3-1-2-4-14(13)18(25)22-21-16)20-15-5-8-23(19(15)26)12-6-9-27-10-7-12/h1-4,12,15H,5-11H2,(H,20,24)(H,22,25). The molecular weight excluding hydrogens is 348 g/mol. The number of nitrogens with zero attached hydrogens (tertiary/aromatic N) is 2. The van der Waals surface area contributed by atoms with Crippen molar-refractivity contribution in [2.75, 3.05) is 19.8 Å². The van der Waals surface area contributed by atoms with Crippen LogP contribution in [0.5, 0.6) is 0 Å². The number of fused-ring (bicyclic) bond motifs is 1. The van der Waals surface area contributed by atoms with E-state index in [2.05, 4.69) is 15.5 Å². The Morgan fingerprint density at radius 2 is 1.93 bits per heavy atom. The first-order chi connectivity index (χ1) is 13.1. The summed E-state index contributed by atoms with van der Waals surface area (Å²) in [6.07, 6.45) is 2.32. The number of carbonyl (C=O) groups excluding carboxylic acids is 2. The first-order valence-electron chi connectivity index (χ1n) is 9.27. The Morgan fingerprint density at radius 1 is 1.19 bits per heavy atom. The van der Waals surface area contributed by atoms with Crippen molar-refractivity contribution in [2.45, 2.75) is 37.8 Å². The smallest absolute Gasteiger partial charge is 0.272 e. The fourth-order valence-electron chi connectivity index (χ4n) is 3.90. The highest BCUT2D eigenvalue weighted by molar-refractivity contribution is 5.92. The van der Waals surface area contributed by atoms with Crippen LogP contribution in [0.1, 0.15) is 25.0 Å². The number of nitrogens with one attached hydrogen (secondary N) is 2. The molecule has 0 aliphatic carbocycles. The zero-order valence-corrected chi connectivity index (χ0v) is 14.9. The maximum absolute atomic E-state index is 12.7. The van der Waals surface area contributed by atoms with E-state index in [0.717, 1.165) is 12.8 Å². The fourth-order valence-corrected chi connectivity index (χ4v) is 3.90. The minimum atomic E-state index is -0.491. The molecule has 4 rings (SSSR count). The summed E-state index contributed by atoms with van der Waals surface area (Å²) >= 11 is 0. The van der Waals surface area contributed by atoms with Crippen molar-refractivity contribution in [1.29, 1.82) is 0 Å². The van der Waals surface area contributed by atoms with E-state index < -0.39 is 6.04 Å². The predicted octanol–water partition coefficient (Wildman–Crippen LogP) is 0.362. The number of amides is 2. The van der Waals surface area contributed by atoms with E-state index in [1.54, 1.807) is 24.3 Å². The van der Waals surface area contributed by atoms with Gasteiger partial charge in [0.2, 0.25) is 11.8 Å². The number of rotatable bonds is 4. The van der Waals surface area contributed by atoms with Gasteiger partial charge in [-0.3, -0.25) is 14.4 Å². The van der Waals surface area contributed by atoms with Crippen LogP contribution in [-0.2, 0) is 20.7 Å². The minimum absolute atomic E-state index is 0.0122. The molecule has 0 saturated carbocycles. The quantitative estimate of drug-likeness (QED) is 0.809. The molecule has 1 aromatic carbocycles. The predicted molar refractivity (Wildman–Crippen MR) is 98.2 cm³/mol. The van der Waals surface area contributed by atoms with Gasteiger partial charge in [0.1, 0.15) is 6.04 Å². The largest absolute Gasteiger partial charge is 0.381 e. The van der Waals surface area contributed by atoms with E-state index in [1.807, 2.05) is 4.90 Å². The number of carbonyl (C=O) groups is 2. The van der Waals surface area contributed by atoms with Crippen molar-refractivity contribution in [3.63, 3.8) is 0 Å². The Bertz CT molecular complexity index is 919. The topological polar surface area (TPSA) is 104 Å².